The molecule has 90 valence electrons. The summed E-state index contributed by atoms with van der Waals surface area (Å²) in [6, 6.07) is 8.23. The molecule has 0 spiro atoms. The lowest BCUT2D eigenvalue weighted by Crippen LogP contribution is -2.13. The van der Waals surface area contributed by atoms with E-state index < -0.39 is 0 Å². The highest BCUT2D eigenvalue weighted by Gasteiger charge is 2.05. The van der Waals surface area contributed by atoms with Crippen LogP contribution in [0.15, 0.2) is 36.9 Å². The molecule has 0 aliphatic heterocycles. The van der Waals surface area contributed by atoms with Crippen LogP contribution in [0, 0.1) is 12.3 Å². The van der Waals surface area contributed by atoms with Gasteiger partial charge in [-0.05, 0) is 18.1 Å². The number of H-pyrrole nitrogens is 1. The molecule has 3 rings (SSSR count). The van der Waals surface area contributed by atoms with Crippen LogP contribution in [0.3, 0.4) is 0 Å². The van der Waals surface area contributed by atoms with Gasteiger partial charge >= 0.3 is 0 Å². The quantitative estimate of drug-likeness (QED) is 0.713. The molecule has 0 unspecified atom stereocenters. The van der Waals surface area contributed by atoms with Gasteiger partial charge in [0.1, 0.15) is 5.52 Å². The predicted molar refractivity (Wildman–Crippen MR) is 68.0 cm³/mol. The molecule has 5 heteroatoms. The summed E-state index contributed by atoms with van der Waals surface area (Å²) in [5.74, 6) is 0. The summed E-state index contributed by atoms with van der Waals surface area (Å²) in [4.78, 5) is 11.3. The molecular weight excluding hydrogens is 226 g/mol. The molecule has 2 heterocycles. The lowest BCUT2D eigenvalue weighted by Gasteiger charge is -2.09. The van der Waals surface area contributed by atoms with Crippen molar-refractivity contribution < 1.29 is 0 Å². The molecule has 0 radical (unpaired) electrons. The first-order valence-corrected chi connectivity index (χ1v) is 5.73. The van der Waals surface area contributed by atoms with Crippen molar-refractivity contribution in [1.29, 1.82) is 5.41 Å². The van der Waals surface area contributed by atoms with E-state index in [1.807, 2.05) is 16.7 Å². The van der Waals surface area contributed by atoms with Gasteiger partial charge in [-0.2, -0.15) is 0 Å². The van der Waals surface area contributed by atoms with Gasteiger partial charge in [0.2, 0.25) is 0 Å². The number of imidazole rings is 1. The highest BCUT2D eigenvalue weighted by atomic mass is 15.1. The third-order valence-electron chi connectivity index (χ3n) is 3.06. The predicted octanol–water partition coefficient (Wildman–Crippen LogP) is 1.60. The Balaban J connectivity index is 2.11. The molecule has 0 amide bonds. The van der Waals surface area contributed by atoms with E-state index in [0.29, 0.717) is 12.1 Å². The van der Waals surface area contributed by atoms with Gasteiger partial charge in [0.25, 0.3) is 0 Å². The molecule has 0 saturated carbocycles. The van der Waals surface area contributed by atoms with Crippen molar-refractivity contribution in [2.24, 2.45) is 0 Å². The molecule has 0 atom stereocenters. The van der Waals surface area contributed by atoms with Crippen LogP contribution in [-0.4, -0.2) is 19.5 Å². The number of aryl methyl sites for hydroxylation is 1. The summed E-state index contributed by atoms with van der Waals surface area (Å²) in [6.07, 6.45) is 3.26. The zero-order chi connectivity index (χ0) is 12.5. The van der Waals surface area contributed by atoms with E-state index in [0.717, 1.165) is 5.65 Å². The first-order chi connectivity index (χ1) is 8.75. The molecule has 0 bridgehead atoms. The third-order valence-corrected chi connectivity index (χ3v) is 3.06. The minimum absolute atomic E-state index is 0.225. The lowest BCUT2D eigenvalue weighted by molar-refractivity contribution is 0.779. The van der Waals surface area contributed by atoms with Gasteiger partial charge in [0.05, 0.1) is 19.2 Å². The number of aromatic nitrogens is 4. The Morgan fingerprint density at radius 1 is 1.28 bits per heavy atom. The van der Waals surface area contributed by atoms with Crippen LogP contribution in [0.25, 0.3) is 11.2 Å². The van der Waals surface area contributed by atoms with Crippen LogP contribution in [0.4, 0.5) is 0 Å². The third kappa shape index (κ3) is 1.69. The van der Waals surface area contributed by atoms with E-state index in [2.05, 4.69) is 34.0 Å². The first kappa shape index (κ1) is 10.7. The van der Waals surface area contributed by atoms with E-state index in [9.17, 15) is 0 Å². The van der Waals surface area contributed by atoms with Crippen molar-refractivity contribution in [3.05, 3.63) is 53.5 Å². The van der Waals surface area contributed by atoms with Gasteiger partial charge in [-0.15, -0.1) is 0 Å². The molecule has 2 aromatic heterocycles. The fourth-order valence-corrected chi connectivity index (χ4v) is 2.01. The summed E-state index contributed by atoms with van der Waals surface area (Å²) in [7, 11) is 0. The number of hydrogen-bond donors (Lipinski definition) is 2. The van der Waals surface area contributed by atoms with Gasteiger partial charge < -0.3 is 9.55 Å². The molecule has 0 fully saturated rings. The van der Waals surface area contributed by atoms with Crippen molar-refractivity contribution in [1.82, 2.24) is 19.5 Å². The Labute approximate surface area is 104 Å². The standard InChI is InChI=1S/C13H13N5/c1-9-4-2-3-5-10(9)6-18-8-17-12(14)11-13(18)16-7-15-11/h2-5,7-8,14H,6H2,1H3,(H,15,16). The van der Waals surface area contributed by atoms with Gasteiger partial charge in [0.15, 0.2) is 11.1 Å². The number of benzene rings is 1. The van der Waals surface area contributed by atoms with Crippen molar-refractivity contribution in [2.45, 2.75) is 13.5 Å². The summed E-state index contributed by atoms with van der Waals surface area (Å²) < 4.78 is 1.95. The van der Waals surface area contributed by atoms with E-state index in [1.54, 1.807) is 12.7 Å². The molecule has 18 heavy (non-hydrogen) atoms. The summed E-state index contributed by atoms with van der Waals surface area (Å²) in [6.45, 7) is 2.80. The van der Waals surface area contributed by atoms with Crippen LogP contribution in [-0.2, 0) is 6.54 Å². The second-order valence-electron chi connectivity index (χ2n) is 4.25. The number of hydrogen-bond acceptors (Lipinski definition) is 3. The molecule has 3 aromatic rings. The molecule has 5 nitrogen and oxygen atoms in total. The minimum Gasteiger partial charge on any atom is -0.340 e. The highest BCUT2D eigenvalue weighted by Crippen LogP contribution is 2.11. The Morgan fingerprint density at radius 3 is 2.94 bits per heavy atom. The second-order valence-corrected chi connectivity index (χ2v) is 4.25. The smallest absolute Gasteiger partial charge is 0.173 e. The van der Waals surface area contributed by atoms with E-state index in [4.69, 9.17) is 5.41 Å². The Bertz CT molecular complexity index is 753. The SMILES string of the molecule is Cc1ccccc1Cn1cnc(=N)c2[nH]cnc21. The monoisotopic (exact) mass is 239 g/mol. The summed E-state index contributed by atoms with van der Waals surface area (Å²) in [5, 5.41) is 7.70. The number of rotatable bonds is 2. The normalized spacial score (nSPS) is 10.9. The van der Waals surface area contributed by atoms with Crippen molar-refractivity contribution in [3.8, 4) is 0 Å². The van der Waals surface area contributed by atoms with Crippen LogP contribution in [0.1, 0.15) is 11.1 Å². The maximum atomic E-state index is 7.70. The van der Waals surface area contributed by atoms with Crippen LogP contribution >= 0.6 is 0 Å². The number of nitrogens with zero attached hydrogens (tertiary/aromatic N) is 3. The maximum Gasteiger partial charge on any atom is 0.173 e. The minimum atomic E-state index is 0.225. The topological polar surface area (TPSA) is 70.3 Å². The maximum absolute atomic E-state index is 7.70. The Morgan fingerprint density at radius 2 is 2.11 bits per heavy atom. The van der Waals surface area contributed by atoms with Gasteiger partial charge in [0, 0.05) is 0 Å². The largest absolute Gasteiger partial charge is 0.340 e. The molecule has 1 aromatic carbocycles. The molecule has 0 saturated heterocycles. The van der Waals surface area contributed by atoms with E-state index in [-0.39, 0.29) is 5.49 Å². The van der Waals surface area contributed by atoms with Crippen molar-refractivity contribution in [3.63, 3.8) is 0 Å². The Hall–Kier alpha value is -2.43. The van der Waals surface area contributed by atoms with Crippen LogP contribution < -0.4 is 5.49 Å². The number of fused-ring (bicyclic) bond motifs is 1. The number of aromatic amines is 1. The van der Waals surface area contributed by atoms with Gasteiger partial charge in [-0.25, -0.2) is 9.97 Å². The summed E-state index contributed by atoms with van der Waals surface area (Å²) >= 11 is 0. The fraction of sp³-hybridized carbons (Fsp3) is 0.154. The van der Waals surface area contributed by atoms with E-state index >= 15 is 0 Å². The zero-order valence-corrected chi connectivity index (χ0v) is 10.0. The van der Waals surface area contributed by atoms with Gasteiger partial charge in [-0.1, -0.05) is 24.3 Å². The second kappa shape index (κ2) is 4.10. The fourth-order valence-electron chi connectivity index (χ4n) is 2.01. The molecule has 0 aliphatic carbocycles. The van der Waals surface area contributed by atoms with Crippen LogP contribution in [0.2, 0.25) is 0 Å². The average molecular weight is 239 g/mol. The molecular formula is C13H13N5. The first-order valence-electron chi connectivity index (χ1n) is 5.73. The van der Waals surface area contributed by atoms with Crippen molar-refractivity contribution in [2.75, 3.05) is 0 Å². The lowest BCUT2D eigenvalue weighted by atomic mass is 10.1. The van der Waals surface area contributed by atoms with E-state index in [1.165, 1.54) is 11.1 Å². The zero-order valence-electron chi connectivity index (χ0n) is 10.0. The number of nitrogens with one attached hydrogen (secondary N) is 2. The van der Waals surface area contributed by atoms with Crippen LogP contribution in [0.5, 0.6) is 0 Å². The summed E-state index contributed by atoms with van der Waals surface area (Å²) in [5.41, 5.74) is 4.13. The van der Waals surface area contributed by atoms with Gasteiger partial charge in [-0.3, -0.25) is 5.41 Å². The molecule has 2 N–H and O–H groups in total. The highest BCUT2D eigenvalue weighted by molar-refractivity contribution is 5.68. The Kier molecular flexibility index (Phi) is 2.44. The average Bonchev–Trinajstić information content (AvgIpc) is 2.85. The van der Waals surface area contributed by atoms with Crippen molar-refractivity contribution >= 4 is 11.2 Å². The molecule has 0 aliphatic rings.